The Kier molecular flexibility index (Phi) is 10.0. The Hall–Kier alpha value is 2.26. The predicted octanol–water partition coefficient (Wildman–Crippen LogP) is -7.10. The first-order chi connectivity index (χ1) is 6.71. The van der Waals surface area contributed by atoms with Crippen LogP contribution in [0.3, 0.4) is 0 Å². The summed E-state index contributed by atoms with van der Waals surface area (Å²) in [6, 6.07) is 0. The van der Waals surface area contributed by atoms with Crippen molar-refractivity contribution in [3.63, 3.8) is 0 Å². The van der Waals surface area contributed by atoms with E-state index in [1.165, 1.54) is 0 Å². The van der Waals surface area contributed by atoms with E-state index in [4.69, 9.17) is 9.79 Å². The fourth-order valence-electron chi connectivity index (χ4n) is 1.69. The van der Waals surface area contributed by atoms with Crippen LogP contribution in [0.5, 0.6) is 0 Å². The molecule has 0 aromatic carbocycles. The van der Waals surface area contributed by atoms with Gasteiger partial charge in [0.2, 0.25) is 0 Å². The molecule has 0 amide bonds. The first-order valence-electron chi connectivity index (χ1n) is 4.53. The van der Waals surface area contributed by atoms with E-state index in [0.29, 0.717) is 19.3 Å². The topological polar surface area (TPSA) is 133 Å². The number of hydrogen-bond acceptors (Lipinski definition) is 5. The van der Waals surface area contributed by atoms with Crippen molar-refractivity contribution < 1.29 is 87.8 Å². The first-order valence-corrected chi connectivity index (χ1v) is 7.69. The summed E-state index contributed by atoms with van der Waals surface area (Å²) in [5, 5.41) is -0.377. The van der Waals surface area contributed by atoms with Crippen molar-refractivity contribution in [1.82, 2.24) is 5.32 Å². The summed E-state index contributed by atoms with van der Waals surface area (Å²) < 4.78 is 22.2. The third-order valence-electron chi connectivity index (χ3n) is 2.55. The Morgan fingerprint density at radius 2 is 1.59 bits per heavy atom. The maximum atomic E-state index is 11.2. The van der Waals surface area contributed by atoms with E-state index in [1.807, 2.05) is 0 Å². The summed E-state index contributed by atoms with van der Waals surface area (Å²) in [6.07, 6.45) is 1.23. The second-order valence-electron chi connectivity index (χ2n) is 3.60. The summed E-state index contributed by atoms with van der Waals surface area (Å²) >= 11 is 0. The van der Waals surface area contributed by atoms with Gasteiger partial charge in [0.1, 0.15) is 5.02 Å². The smallest absolute Gasteiger partial charge is 0.809 e. The van der Waals surface area contributed by atoms with E-state index in [1.54, 1.807) is 0 Å². The van der Waals surface area contributed by atoms with Crippen LogP contribution in [0.25, 0.3) is 0 Å². The monoisotopic (exact) mass is 303 g/mol. The molecule has 1 rings (SSSR count). The van der Waals surface area contributed by atoms with Gasteiger partial charge in [0.05, 0.1) is 0 Å². The van der Waals surface area contributed by atoms with Crippen molar-refractivity contribution in [2.45, 2.75) is 30.7 Å². The number of rotatable bonds is 2. The molecule has 0 radical (unpaired) electrons. The molecule has 1 unspecified atom stereocenters. The predicted molar refractivity (Wildman–Crippen MR) is 48.9 cm³/mol. The molecule has 0 aromatic heterocycles. The molecule has 0 aromatic rings. The van der Waals surface area contributed by atoms with Gasteiger partial charge < -0.3 is 24.1 Å². The van der Waals surface area contributed by atoms with Crippen molar-refractivity contribution in [3.05, 3.63) is 0 Å². The van der Waals surface area contributed by atoms with Gasteiger partial charge in [0.15, 0.2) is 0 Å². The summed E-state index contributed by atoms with van der Waals surface area (Å²) in [4.78, 5) is 40.1. The zero-order chi connectivity index (χ0) is 11.7. The van der Waals surface area contributed by atoms with Crippen LogP contribution in [-0.2, 0) is 9.13 Å². The van der Waals surface area contributed by atoms with Gasteiger partial charge in [0, 0.05) is 0 Å². The van der Waals surface area contributed by atoms with Crippen LogP contribution >= 0.6 is 15.2 Å². The molecule has 0 aliphatic carbocycles. The van der Waals surface area contributed by atoms with Crippen molar-refractivity contribution in [3.8, 4) is 0 Å². The first kappa shape index (κ1) is 21.6. The zero-order valence-electron chi connectivity index (χ0n) is 9.96. The van der Waals surface area contributed by atoms with Gasteiger partial charge in [0.25, 0.3) is 0 Å². The molecule has 0 saturated carbocycles. The second-order valence-corrected chi connectivity index (χ2v) is 7.56. The van der Waals surface area contributed by atoms with Crippen molar-refractivity contribution in [1.29, 1.82) is 0 Å². The molecule has 0 spiro atoms. The van der Waals surface area contributed by atoms with Gasteiger partial charge in [-0.25, -0.2) is 0 Å². The van der Waals surface area contributed by atoms with Crippen LogP contribution in [0, 0.1) is 0 Å². The SMILES string of the molecule is O=P([O-])([O-])C1(P(=O)(O)O)CCCCCN1.[Na+].[Na+]. The minimum Gasteiger partial charge on any atom is -0.809 e. The third kappa shape index (κ3) is 4.94. The standard InChI is InChI=1S/C6H15NO6P2.2Na/c8-14(9,10)6(15(11,12)13)4-2-1-3-5-7-6;;/h7H,1-5H2,(H2,8,9,10)(H2,11,12,13);;/q;2*+1/p-2. The Labute approximate surface area is 144 Å². The molecule has 11 heteroatoms. The molecule has 1 saturated heterocycles. The van der Waals surface area contributed by atoms with Crippen LogP contribution in [0.15, 0.2) is 0 Å². The average molecular weight is 303 g/mol. The molecule has 3 N–H and O–H groups in total. The van der Waals surface area contributed by atoms with Crippen LogP contribution in [0.2, 0.25) is 0 Å². The molecule has 7 nitrogen and oxygen atoms in total. The van der Waals surface area contributed by atoms with Crippen LogP contribution < -0.4 is 74.2 Å². The second kappa shape index (κ2) is 7.89. The van der Waals surface area contributed by atoms with Crippen molar-refractivity contribution in [2.75, 3.05) is 6.54 Å². The van der Waals surface area contributed by atoms with E-state index in [2.05, 4.69) is 5.32 Å². The van der Waals surface area contributed by atoms with Gasteiger partial charge in [-0.3, -0.25) is 9.88 Å². The van der Waals surface area contributed by atoms with E-state index >= 15 is 0 Å². The normalized spacial score (nSPS) is 26.4. The average Bonchev–Trinajstić information content (AvgIpc) is 2.25. The molecular weight excluding hydrogens is 290 g/mol. The summed E-state index contributed by atoms with van der Waals surface area (Å²) in [5.74, 6) is 0. The van der Waals surface area contributed by atoms with E-state index in [0.717, 1.165) is 0 Å². The maximum absolute atomic E-state index is 11.2. The quantitative estimate of drug-likeness (QED) is 0.341. The van der Waals surface area contributed by atoms with Gasteiger partial charge in [-0.05, 0) is 27.0 Å². The Balaban J connectivity index is 0. The molecule has 1 atom stereocenters. The zero-order valence-corrected chi connectivity index (χ0v) is 15.7. The van der Waals surface area contributed by atoms with Crippen LogP contribution in [0.1, 0.15) is 25.7 Å². The van der Waals surface area contributed by atoms with Gasteiger partial charge in [-0.1, -0.05) is 12.8 Å². The molecule has 0 bridgehead atoms. The van der Waals surface area contributed by atoms with Gasteiger partial charge >= 0.3 is 66.7 Å². The molecule has 1 aliphatic rings. The van der Waals surface area contributed by atoms with Crippen molar-refractivity contribution >= 4 is 15.2 Å². The van der Waals surface area contributed by atoms with E-state index in [9.17, 15) is 18.9 Å². The molecular formula is C6H13NNa2O6P2. The largest absolute Gasteiger partial charge is 1.00 e. The number of nitrogens with one attached hydrogen (secondary N) is 1. The van der Waals surface area contributed by atoms with Crippen molar-refractivity contribution in [2.24, 2.45) is 0 Å². The van der Waals surface area contributed by atoms with Gasteiger partial charge in [-0.15, -0.1) is 0 Å². The fourth-order valence-corrected chi connectivity index (χ4v) is 4.47. The van der Waals surface area contributed by atoms with Gasteiger partial charge in [-0.2, -0.15) is 0 Å². The van der Waals surface area contributed by atoms with E-state index in [-0.39, 0.29) is 72.1 Å². The number of hydrogen-bond donors (Lipinski definition) is 3. The molecule has 1 fully saturated rings. The Bertz CT molecular complexity index is 296. The van der Waals surface area contributed by atoms with Crippen LogP contribution in [0.4, 0.5) is 0 Å². The summed E-state index contributed by atoms with van der Waals surface area (Å²) in [7, 11) is -10.4. The fraction of sp³-hybridized carbons (Fsp3) is 1.00. The minimum atomic E-state index is -5.40. The maximum Gasteiger partial charge on any atom is 1.00 e. The summed E-state index contributed by atoms with van der Waals surface area (Å²) in [6.45, 7) is 0.125. The van der Waals surface area contributed by atoms with Crippen LogP contribution in [-0.4, -0.2) is 21.4 Å². The Morgan fingerprint density at radius 1 is 1.06 bits per heavy atom. The molecule has 17 heavy (non-hydrogen) atoms. The third-order valence-corrected chi connectivity index (χ3v) is 6.69. The minimum absolute atomic E-state index is 0. The Morgan fingerprint density at radius 3 is 2.00 bits per heavy atom. The molecule has 1 aliphatic heterocycles. The molecule has 1 heterocycles. The molecule has 90 valence electrons. The van der Waals surface area contributed by atoms with E-state index < -0.39 is 20.2 Å². The summed E-state index contributed by atoms with van der Waals surface area (Å²) in [5.41, 5.74) is 0.